The Morgan fingerprint density at radius 1 is 1.18 bits per heavy atom. The predicted molar refractivity (Wildman–Crippen MR) is 123 cm³/mol. The van der Waals surface area contributed by atoms with Crippen molar-refractivity contribution in [1.82, 2.24) is 14.8 Å². The summed E-state index contributed by atoms with van der Waals surface area (Å²) in [5.74, 6) is -0.547. The van der Waals surface area contributed by atoms with E-state index < -0.39 is 11.4 Å². The molecule has 1 saturated heterocycles. The molecule has 33 heavy (non-hydrogen) atoms. The Morgan fingerprint density at radius 2 is 1.91 bits per heavy atom. The Bertz CT molecular complexity index is 1360. The number of ether oxygens (including phenoxy) is 1. The number of carboxylic acids is 1. The van der Waals surface area contributed by atoms with E-state index >= 15 is 0 Å². The van der Waals surface area contributed by atoms with E-state index in [2.05, 4.69) is 26.9 Å². The normalized spacial score (nSPS) is 23.8. The third kappa shape index (κ3) is 3.17. The number of aliphatic carboxylic acids is 1. The van der Waals surface area contributed by atoms with Crippen LogP contribution < -0.4 is 0 Å². The summed E-state index contributed by atoms with van der Waals surface area (Å²) in [6.07, 6.45) is 4.86. The Labute approximate surface area is 190 Å². The summed E-state index contributed by atoms with van der Waals surface area (Å²) in [5.41, 5.74) is 4.68. The molecule has 1 aliphatic heterocycles. The van der Waals surface area contributed by atoms with Crippen LogP contribution in [0.5, 0.6) is 0 Å². The van der Waals surface area contributed by atoms with Gasteiger partial charge in [0.2, 0.25) is 0 Å². The van der Waals surface area contributed by atoms with Crippen molar-refractivity contribution in [1.29, 1.82) is 0 Å². The van der Waals surface area contributed by atoms with Crippen molar-refractivity contribution in [2.75, 3.05) is 13.2 Å². The maximum atomic E-state index is 13.8. The van der Waals surface area contributed by atoms with Gasteiger partial charge in [-0.25, -0.2) is 4.39 Å². The van der Waals surface area contributed by atoms with E-state index in [0.717, 1.165) is 40.3 Å². The van der Waals surface area contributed by atoms with Crippen LogP contribution in [0.3, 0.4) is 0 Å². The van der Waals surface area contributed by atoms with Gasteiger partial charge in [0, 0.05) is 41.3 Å². The standard InChI is InChI=1S/C26H26FN3O3/c1-26(25(31)32)12-17(13-26)23-20-11-21-16(14-28-29-21)10-22(20)30(19-4-2-18(27)3-5-19)24(23)15-6-8-33-9-7-15/h2-5,10-11,14-15,17H,6-9,12-13H2,1H3,(H,28,29)(H,31,32)/t17-,26+. The molecule has 0 radical (unpaired) electrons. The Morgan fingerprint density at radius 3 is 2.61 bits per heavy atom. The SMILES string of the molecule is C[C@]1(C(=O)O)C[C@@H](c2c(C3CCOCC3)n(-c3ccc(F)cc3)c3cc4cn[nH]c4cc32)C1. The number of rotatable bonds is 4. The highest BCUT2D eigenvalue weighted by molar-refractivity contribution is 5.99. The molecule has 0 atom stereocenters. The second-order valence-corrected chi connectivity index (χ2v) is 9.79. The first-order valence-corrected chi connectivity index (χ1v) is 11.5. The molecule has 0 amide bonds. The minimum atomic E-state index is -0.732. The van der Waals surface area contributed by atoms with Crippen molar-refractivity contribution in [3.63, 3.8) is 0 Å². The number of hydrogen-bond acceptors (Lipinski definition) is 3. The molecule has 2 aliphatic rings. The fraction of sp³-hybridized carbons (Fsp3) is 0.385. The lowest BCUT2D eigenvalue weighted by Gasteiger charge is -2.43. The van der Waals surface area contributed by atoms with Gasteiger partial charge < -0.3 is 14.4 Å². The molecule has 4 aromatic rings. The van der Waals surface area contributed by atoms with Crippen molar-refractivity contribution in [3.8, 4) is 5.69 Å². The van der Waals surface area contributed by atoms with Gasteiger partial charge in [-0.3, -0.25) is 9.89 Å². The van der Waals surface area contributed by atoms with Crippen LogP contribution in [-0.4, -0.2) is 39.1 Å². The van der Waals surface area contributed by atoms with E-state index in [1.165, 1.54) is 23.4 Å². The molecule has 6 nitrogen and oxygen atoms in total. The number of nitrogens with one attached hydrogen (secondary N) is 1. The largest absolute Gasteiger partial charge is 0.481 e. The summed E-state index contributed by atoms with van der Waals surface area (Å²) in [6.45, 7) is 3.25. The summed E-state index contributed by atoms with van der Waals surface area (Å²) in [5, 5.41) is 19.2. The molecule has 2 aromatic carbocycles. The average molecular weight is 448 g/mol. The average Bonchev–Trinajstić information content (AvgIpc) is 3.38. The van der Waals surface area contributed by atoms with Crippen LogP contribution in [0.2, 0.25) is 0 Å². The number of carbonyl (C=O) groups is 1. The van der Waals surface area contributed by atoms with E-state index in [9.17, 15) is 14.3 Å². The molecule has 3 heterocycles. The highest BCUT2D eigenvalue weighted by Crippen LogP contribution is 2.55. The maximum Gasteiger partial charge on any atom is 0.309 e. The van der Waals surface area contributed by atoms with Crippen molar-refractivity contribution >= 4 is 27.8 Å². The van der Waals surface area contributed by atoms with Crippen LogP contribution in [0.25, 0.3) is 27.5 Å². The van der Waals surface area contributed by atoms with Gasteiger partial charge in [0.1, 0.15) is 5.82 Å². The van der Waals surface area contributed by atoms with Gasteiger partial charge in [-0.2, -0.15) is 5.10 Å². The van der Waals surface area contributed by atoms with E-state index in [4.69, 9.17) is 4.74 Å². The van der Waals surface area contributed by atoms with Crippen LogP contribution in [0.15, 0.2) is 42.6 Å². The first-order valence-electron chi connectivity index (χ1n) is 11.5. The molecule has 2 N–H and O–H groups in total. The van der Waals surface area contributed by atoms with Crippen molar-refractivity contribution < 1.29 is 19.0 Å². The highest BCUT2D eigenvalue weighted by atomic mass is 19.1. The topological polar surface area (TPSA) is 80.1 Å². The highest BCUT2D eigenvalue weighted by Gasteiger charge is 2.49. The Kier molecular flexibility index (Phi) is 4.59. The van der Waals surface area contributed by atoms with Gasteiger partial charge >= 0.3 is 5.97 Å². The second kappa shape index (κ2) is 7.42. The van der Waals surface area contributed by atoms with Crippen LogP contribution >= 0.6 is 0 Å². The molecular formula is C26H26FN3O3. The zero-order chi connectivity index (χ0) is 22.7. The predicted octanol–water partition coefficient (Wildman–Crippen LogP) is 5.51. The van der Waals surface area contributed by atoms with Crippen LogP contribution in [0.1, 0.15) is 55.7 Å². The monoisotopic (exact) mass is 447 g/mol. The summed E-state index contributed by atoms with van der Waals surface area (Å²) < 4.78 is 21.7. The maximum absolute atomic E-state index is 13.8. The van der Waals surface area contributed by atoms with Gasteiger partial charge in [-0.15, -0.1) is 0 Å². The molecule has 1 aliphatic carbocycles. The van der Waals surface area contributed by atoms with Gasteiger partial charge in [0.05, 0.1) is 22.6 Å². The van der Waals surface area contributed by atoms with Crippen molar-refractivity contribution in [2.45, 2.75) is 44.4 Å². The van der Waals surface area contributed by atoms with Gasteiger partial charge in [0.15, 0.2) is 0 Å². The smallest absolute Gasteiger partial charge is 0.309 e. The molecule has 0 bridgehead atoms. The van der Waals surface area contributed by atoms with Crippen LogP contribution in [-0.2, 0) is 9.53 Å². The lowest BCUT2D eigenvalue weighted by atomic mass is 9.60. The zero-order valence-electron chi connectivity index (χ0n) is 18.5. The molecule has 0 unspecified atom stereocenters. The number of aromatic amines is 1. The first kappa shape index (κ1) is 20.4. The molecule has 2 aromatic heterocycles. The minimum absolute atomic E-state index is 0.161. The summed E-state index contributed by atoms with van der Waals surface area (Å²) in [4.78, 5) is 11.9. The fourth-order valence-corrected chi connectivity index (χ4v) is 5.85. The third-order valence-electron chi connectivity index (χ3n) is 7.62. The lowest BCUT2D eigenvalue weighted by Crippen LogP contribution is -2.40. The van der Waals surface area contributed by atoms with Gasteiger partial charge in [-0.05, 0) is 80.5 Å². The Hall–Kier alpha value is -3.19. The van der Waals surface area contributed by atoms with Crippen LogP contribution in [0.4, 0.5) is 4.39 Å². The summed E-state index contributed by atoms with van der Waals surface area (Å²) >= 11 is 0. The first-order chi connectivity index (χ1) is 15.9. The van der Waals surface area contributed by atoms with E-state index in [-0.39, 0.29) is 11.7 Å². The van der Waals surface area contributed by atoms with E-state index in [0.29, 0.717) is 32.0 Å². The van der Waals surface area contributed by atoms with E-state index in [1.807, 2.05) is 25.3 Å². The summed E-state index contributed by atoms with van der Waals surface area (Å²) in [7, 11) is 0. The van der Waals surface area contributed by atoms with E-state index in [1.54, 1.807) is 0 Å². The molecule has 7 heteroatoms. The number of fused-ring (bicyclic) bond motifs is 2. The molecule has 6 rings (SSSR count). The number of benzene rings is 2. The Balaban J connectivity index is 1.64. The number of hydrogen-bond donors (Lipinski definition) is 2. The zero-order valence-corrected chi connectivity index (χ0v) is 18.5. The van der Waals surface area contributed by atoms with Crippen LogP contribution in [0, 0.1) is 11.2 Å². The van der Waals surface area contributed by atoms with Gasteiger partial charge in [0.25, 0.3) is 0 Å². The molecule has 2 fully saturated rings. The number of nitrogens with zero attached hydrogens (tertiary/aromatic N) is 2. The van der Waals surface area contributed by atoms with Gasteiger partial charge in [-0.1, -0.05) is 0 Å². The second-order valence-electron chi connectivity index (χ2n) is 9.79. The quantitative estimate of drug-likeness (QED) is 0.432. The van der Waals surface area contributed by atoms with Crippen molar-refractivity contribution in [2.24, 2.45) is 5.41 Å². The number of carboxylic acid groups (broad SMARTS) is 1. The molecule has 170 valence electrons. The number of aromatic nitrogens is 3. The third-order valence-corrected chi connectivity index (χ3v) is 7.62. The fourth-order valence-electron chi connectivity index (χ4n) is 5.85. The summed E-state index contributed by atoms with van der Waals surface area (Å²) in [6, 6.07) is 10.9. The minimum Gasteiger partial charge on any atom is -0.481 e. The molecule has 1 saturated carbocycles. The number of halogens is 1. The molecule has 0 spiro atoms. The lowest BCUT2D eigenvalue weighted by molar-refractivity contribution is -0.154. The molecular weight excluding hydrogens is 421 g/mol. The van der Waals surface area contributed by atoms with Crippen molar-refractivity contribution in [3.05, 3.63) is 59.7 Å². The number of H-pyrrole nitrogens is 1.